The summed E-state index contributed by atoms with van der Waals surface area (Å²) >= 11 is 0. The van der Waals surface area contributed by atoms with Crippen LogP contribution in [0.25, 0.3) is 0 Å². The van der Waals surface area contributed by atoms with Crippen molar-refractivity contribution in [3.63, 3.8) is 0 Å². The van der Waals surface area contributed by atoms with E-state index in [9.17, 15) is 18.0 Å². The summed E-state index contributed by atoms with van der Waals surface area (Å²) in [5.74, 6) is -1.43. The van der Waals surface area contributed by atoms with Gasteiger partial charge >= 0.3 is 12.1 Å². The molecular weight excluding hydrogens is 221 g/mol. The van der Waals surface area contributed by atoms with Crippen LogP contribution in [0.1, 0.15) is 44.9 Å². The van der Waals surface area contributed by atoms with Gasteiger partial charge in [-0.05, 0) is 31.6 Å². The lowest BCUT2D eigenvalue weighted by Crippen LogP contribution is -2.22. The first-order chi connectivity index (χ1) is 7.40. The van der Waals surface area contributed by atoms with Crippen LogP contribution in [-0.2, 0) is 4.79 Å². The predicted octanol–water partition coefficient (Wildman–Crippen LogP) is 3.61. The Kier molecular flexibility index (Phi) is 4.62. The summed E-state index contributed by atoms with van der Waals surface area (Å²) in [6, 6.07) is 0. The fraction of sp³-hybridized carbons (Fsp3) is 0.909. The third-order valence-electron chi connectivity index (χ3n) is 3.26. The maximum Gasteiger partial charge on any atom is 0.389 e. The smallest absolute Gasteiger partial charge is 0.389 e. The molecule has 1 atom stereocenters. The second-order valence-corrected chi connectivity index (χ2v) is 4.50. The number of aliphatic carboxylic acids is 1. The highest BCUT2D eigenvalue weighted by Crippen LogP contribution is 2.35. The van der Waals surface area contributed by atoms with E-state index in [-0.39, 0.29) is 18.8 Å². The molecule has 0 saturated heterocycles. The SMILES string of the molecule is O=C(O)C(CCCC(F)(F)F)C1CCCC1. The van der Waals surface area contributed by atoms with Crippen molar-refractivity contribution < 1.29 is 23.1 Å². The maximum atomic E-state index is 11.9. The summed E-state index contributed by atoms with van der Waals surface area (Å²) in [5.41, 5.74) is 0. The summed E-state index contributed by atoms with van der Waals surface area (Å²) in [6.45, 7) is 0. The van der Waals surface area contributed by atoms with Crippen LogP contribution in [0.5, 0.6) is 0 Å². The van der Waals surface area contributed by atoms with Crippen molar-refractivity contribution in [1.29, 1.82) is 0 Å². The predicted molar refractivity (Wildman–Crippen MR) is 53.0 cm³/mol. The summed E-state index contributed by atoms with van der Waals surface area (Å²) in [6.07, 6.45) is -1.24. The minimum absolute atomic E-state index is 0.0725. The first-order valence-electron chi connectivity index (χ1n) is 5.69. The summed E-state index contributed by atoms with van der Waals surface area (Å²) in [4.78, 5) is 11.0. The fourth-order valence-electron chi connectivity index (χ4n) is 2.44. The van der Waals surface area contributed by atoms with Gasteiger partial charge in [-0.1, -0.05) is 12.8 Å². The van der Waals surface area contributed by atoms with E-state index in [1.54, 1.807) is 0 Å². The van der Waals surface area contributed by atoms with Crippen LogP contribution in [0.2, 0.25) is 0 Å². The van der Waals surface area contributed by atoms with Crippen LogP contribution in [0.15, 0.2) is 0 Å². The first kappa shape index (κ1) is 13.3. The molecule has 16 heavy (non-hydrogen) atoms. The molecule has 0 aliphatic heterocycles. The maximum absolute atomic E-state index is 11.9. The molecule has 0 spiro atoms. The van der Waals surface area contributed by atoms with Gasteiger partial charge in [0.1, 0.15) is 0 Å². The zero-order valence-corrected chi connectivity index (χ0v) is 9.09. The summed E-state index contributed by atoms with van der Waals surface area (Å²) in [7, 11) is 0. The monoisotopic (exact) mass is 238 g/mol. The lowest BCUT2D eigenvalue weighted by atomic mass is 9.87. The number of carbonyl (C=O) groups is 1. The van der Waals surface area contributed by atoms with E-state index in [1.165, 1.54) is 0 Å². The first-order valence-corrected chi connectivity index (χ1v) is 5.69. The van der Waals surface area contributed by atoms with Gasteiger partial charge in [0.15, 0.2) is 0 Å². The van der Waals surface area contributed by atoms with E-state index in [0.717, 1.165) is 25.7 Å². The second kappa shape index (κ2) is 5.55. The Morgan fingerprint density at radius 1 is 1.31 bits per heavy atom. The van der Waals surface area contributed by atoms with Gasteiger partial charge in [-0.25, -0.2) is 0 Å². The van der Waals surface area contributed by atoms with Crippen molar-refractivity contribution in [2.24, 2.45) is 11.8 Å². The highest BCUT2D eigenvalue weighted by molar-refractivity contribution is 5.70. The molecule has 0 aromatic carbocycles. The van der Waals surface area contributed by atoms with E-state index in [4.69, 9.17) is 5.11 Å². The van der Waals surface area contributed by atoms with E-state index in [1.807, 2.05) is 0 Å². The van der Waals surface area contributed by atoms with Crippen molar-refractivity contribution in [2.75, 3.05) is 0 Å². The number of alkyl halides is 3. The standard InChI is InChI=1S/C11H17F3O2/c12-11(13,14)7-3-6-9(10(15)16)8-4-1-2-5-8/h8-9H,1-7H2,(H,15,16). The molecule has 1 fully saturated rings. The van der Waals surface area contributed by atoms with Gasteiger partial charge in [0.05, 0.1) is 5.92 Å². The van der Waals surface area contributed by atoms with Crippen LogP contribution in [0.4, 0.5) is 13.2 Å². The van der Waals surface area contributed by atoms with Gasteiger partial charge < -0.3 is 5.11 Å². The number of hydrogen-bond acceptors (Lipinski definition) is 1. The Morgan fingerprint density at radius 2 is 1.88 bits per heavy atom. The Labute approximate surface area is 92.8 Å². The molecule has 1 saturated carbocycles. The molecule has 1 aliphatic rings. The van der Waals surface area contributed by atoms with Crippen molar-refractivity contribution in [3.05, 3.63) is 0 Å². The number of rotatable bonds is 5. The average molecular weight is 238 g/mol. The highest BCUT2D eigenvalue weighted by atomic mass is 19.4. The Morgan fingerprint density at radius 3 is 2.31 bits per heavy atom. The lowest BCUT2D eigenvalue weighted by molar-refractivity contribution is -0.147. The Balaban J connectivity index is 2.37. The number of halogens is 3. The molecule has 1 rings (SSSR count). The molecule has 0 aromatic heterocycles. The van der Waals surface area contributed by atoms with Crippen LogP contribution in [0, 0.1) is 11.8 Å². The molecule has 0 radical (unpaired) electrons. The molecule has 0 bridgehead atoms. The normalized spacial score (nSPS) is 19.9. The van der Waals surface area contributed by atoms with Crippen molar-refractivity contribution in [3.8, 4) is 0 Å². The minimum Gasteiger partial charge on any atom is -0.481 e. The van der Waals surface area contributed by atoms with Crippen molar-refractivity contribution in [1.82, 2.24) is 0 Å². The van der Waals surface area contributed by atoms with E-state index in [2.05, 4.69) is 0 Å². The van der Waals surface area contributed by atoms with Gasteiger partial charge in [0.2, 0.25) is 0 Å². The zero-order valence-electron chi connectivity index (χ0n) is 9.09. The quantitative estimate of drug-likeness (QED) is 0.794. The number of carboxylic acids is 1. The summed E-state index contributed by atoms with van der Waals surface area (Å²) < 4.78 is 35.8. The van der Waals surface area contributed by atoms with E-state index >= 15 is 0 Å². The Hall–Kier alpha value is -0.740. The molecule has 0 heterocycles. The average Bonchev–Trinajstić information content (AvgIpc) is 2.62. The Bertz CT molecular complexity index is 232. The van der Waals surface area contributed by atoms with Gasteiger partial charge in [-0.15, -0.1) is 0 Å². The molecule has 0 aromatic rings. The second-order valence-electron chi connectivity index (χ2n) is 4.50. The fourth-order valence-corrected chi connectivity index (χ4v) is 2.44. The molecule has 2 nitrogen and oxygen atoms in total. The third kappa shape index (κ3) is 4.41. The largest absolute Gasteiger partial charge is 0.481 e. The van der Waals surface area contributed by atoms with Gasteiger partial charge in [-0.3, -0.25) is 4.79 Å². The third-order valence-corrected chi connectivity index (χ3v) is 3.26. The highest BCUT2D eigenvalue weighted by Gasteiger charge is 2.32. The molecule has 1 N–H and O–H groups in total. The number of carboxylic acid groups (broad SMARTS) is 1. The molecule has 5 heteroatoms. The van der Waals surface area contributed by atoms with E-state index in [0.29, 0.717) is 0 Å². The van der Waals surface area contributed by atoms with Gasteiger partial charge in [-0.2, -0.15) is 13.2 Å². The molecular formula is C11H17F3O2. The molecule has 1 aliphatic carbocycles. The molecule has 94 valence electrons. The summed E-state index contributed by atoms with van der Waals surface area (Å²) in [5, 5.41) is 8.98. The zero-order chi connectivity index (χ0) is 12.2. The van der Waals surface area contributed by atoms with Gasteiger partial charge in [0, 0.05) is 6.42 Å². The topological polar surface area (TPSA) is 37.3 Å². The van der Waals surface area contributed by atoms with E-state index < -0.39 is 24.5 Å². The van der Waals surface area contributed by atoms with Crippen molar-refractivity contribution in [2.45, 2.75) is 51.1 Å². The van der Waals surface area contributed by atoms with Gasteiger partial charge in [0.25, 0.3) is 0 Å². The minimum atomic E-state index is -4.17. The molecule has 0 amide bonds. The van der Waals surface area contributed by atoms with Crippen molar-refractivity contribution >= 4 is 5.97 Å². The molecule has 1 unspecified atom stereocenters. The van der Waals surface area contributed by atoms with Crippen LogP contribution < -0.4 is 0 Å². The van der Waals surface area contributed by atoms with Crippen LogP contribution >= 0.6 is 0 Å². The lowest BCUT2D eigenvalue weighted by Gasteiger charge is -2.19. The van der Waals surface area contributed by atoms with Crippen LogP contribution in [-0.4, -0.2) is 17.3 Å². The number of hydrogen-bond donors (Lipinski definition) is 1. The van der Waals surface area contributed by atoms with Crippen LogP contribution in [0.3, 0.4) is 0 Å².